The Morgan fingerprint density at radius 3 is 2.62 bits per heavy atom. The second-order valence-electron chi connectivity index (χ2n) is 4.26. The van der Waals surface area contributed by atoms with Crippen molar-refractivity contribution in [1.82, 2.24) is 0 Å². The van der Waals surface area contributed by atoms with E-state index in [-0.39, 0.29) is 6.10 Å². The summed E-state index contributed by atoms with van der Waals surface area (Å²) in [5.74, 6) is 0.876. The first-order chi connectivity index (χ1) is 7.75. The van der Waals surface area contributed by atoms with Gasteiger partial charge >= 0.3 is 0 Å². The maximum absolute atomic E-state index is 9.38. The minimum Gasteiger partial charge on any atom is -0.486 e. The highest BCUT2D eigenvalue weighted by atomic mass is 16.5. The summed E-state index contributed by atoms with van der Waals surface area (Å²) in [6.07, 6.45) is 7.57. The van der Waals surface area contributed by atoms with Gasteiger partial charge in [-0.3, -0.25) is 0 Å². The quantitative estimate of drug-likeness (QED) is 0.789. The third kappa shape index (κ3) is 2.86. The molecule has 0 saturated heterocycles. The number of hydrogen-bond acceptors (Lipinski definition) is 2. The third-order valence-electron chi connectivity index (χ3n) is 2.86. The zero-order valence-electron chi connectivity index (χ0n) is 9.60. The number of hydrogen-bond donors (Lipinski definition) is 1. The molecule has 1 aliphatic rings. The first-order valence-corrected chi connectivity index (χ1v) is 5.87. The average molecular weight is 218 g/mol. The monoisotopic (exact) mass is 218 g/mol. The molecule has 2 heteroatoms. The maximum atomic E-state index is 9.38. The Kier molecular flexibility index (Phi) is 3.62. The van der Waals surface area contributed by atoms with E-state index in [0.717, 1.165) is 17.7 Å². The van der Waals surface area contributed by atoms with E-state index in [9.17, 15) is 5.11 Å². The van der Waals surface area contributed by atoms with Gasteiger partial charge < -0.3 is 9.84 Å². The van der Waals surface area contributed by atoms with Crippen molar-refractivity contribution >= 4 is 0 Å². The van der Waals surface area contributed by atoms with E-state index in [2.05, 4.69) is 12.2 Å². The number of ether oxygens (including phenoxy) is 1. The van der Waals surface area contributed by atoms with Crippen molar-refractivity contribution in [1.29, 1.82) is 0 Å². The van der Waals surface area contributed by atoms with Gasteiger partial charge in [0.25, 0.3) is 0 Å². The Morgan fingerprint density at radius 1 is 1.31 bits per heavy atom. The molecular weight excluding hydrogens is 200 g/mol. The van der Waals surface area contributed by atoms with Crippen LogP contribution in [-0.2, 0) is 0 Å². The predicted octanol–water partition coefficient (Wildman–Crippen LogP) is 3.23. The summed E-state index contributed by atoms with van der Waals surface area (Å²) in [6.45, 7) is 1.76. The molecule has 2 unspecified atom stereocenters. The van der Waals surface area contributed by atoms with Crippen molar-refractivity contribution in [2.75, 3.05) is 0 Å². The molecule has 0 fully saturated rings. The Balaban J connectivity index is 1.99. The lowest BCUT2D eigenvalue weighted by Gasteiger charge is -2.18. The van der Waals surface area contributed by atoms with Gasteiger partial charge in [-0.25, -0.2) is 0 Å². The summed E-state index contributed by atoms with van der Waals surface area (Å²) in [7, 11) is 0. The van der Waals surface area contributed by atoms with Gasteiger partial charge in [0.1, 0.15) is 11.9 Å². The molecule has 1 N–H and O–H groups in total. The van der Waals surface area contributed by atoms with E-state index in [1.807, 2.05) is 24.3 Å². The van der Waals surface area contributed by atoms with Gasteiger partial charge in [0.05, 0.1) is 6.10 Å². The molecule has 2 atom stereocenters. The van der Waals surface area contributed by atoms with E-state index < -0.39 is 6.10 Å². The van der Waals surface area contributed by atoms with Crippen molar-refractivity contribution < 1.29 is 9.84 Å². The fraction of sp³-hybridized carbons (Fsp3) is 0.429. The van der Waals surface area contributed by atoms with E-state index in [1.54, 1.807) is 6.92 Å². The number of aliphatic hydroxyl groups excluding tert-OH is 1. The minimum atomic E-state index is -0.413. The molecule has 86 valence electrons. The first-order valence-electron chi connectivity index (χ1n) is 5.87. The molecule has 0 saturated carbocycles. The number of rotatable bonds is 3. The fourth-order valence-electron chi connectivity index (χ4n) is 1.88. The van der Waals surface area contributed by atoms with Crippen LogP contribution in [-0.4, -0.2) is 11.2 Å². The zero-order valence-corrected chi connectivity index (χ0v) is 9.60. The molecule has 0 aromatic heterocycles. The Labute approximate surface area is 96.6 Å². The summed E-state index contributed by atoms with van der Waals surface area (Å²) in [5, 5.41) is 9.38. The van der Waals surface area contributed by atoms with Crippen LogP contribution >= 0.6 is 0 Å². The number of aliphatic hydroxyl groups is 1. The molecule has 0 amide bonds. The van der Waals surface area contributed by atoms with Gasteiger partial charge in [-0.15, -0.1) is 0 Å². The maximum Gasteiger partial charge on any atom is 0.120 e. The second-order valence-corrected chi connectivity index (χ2v) is 4.26. The van der Waals surface area contributed by atoms with Crippen LogP contribution in [0, 0.1) is 0 Å². The van der Waals surface area contributed by atoms with Gasteiger partial charge in [-0.05, 0) is 50.0 Å². The summed E-state index contributed by atoms with van der Waals surface area (Å²) in [5.41, 5.74) is 0.923. The molecule has 0 bridgehead atoms. The first kappa shape index (κ1) is 11.2. The highest BCUT2D eigenvalue weighted by Gasteiger charge is 2.09. The van der Waals surface area contributed by atoms with Crippen LogP contribution in [0.15, 0.2) is 36.4 Å². The van der Waals surface area contributed by atoms with Crippen LogP contribution in [0.25, 0.3) is 0 Å². The van der Waals surface area contributed by atoms with Crippen LogP contribution < -0.4 is 4.74 Å². The molecule has 2 nitrogen and oxygen atoms in total. The van der Waals surface area contributed by atoms with Crippen molar-refractivity contribution in [3.8, 4) is 5.75 Å². The van der Waals surface area contributed by atoms with E-state index >= 15 is 0 Å². The number of benzene rings is 1. The minimum absolute atomic E-state index is 0.214. The predicted molar refractivity (Wildman–Crippen MR) is 64.5 cm³/mol. The Morgan fingerprint density at radius 2 is 2.06 bits per heavy atom. The van der Waals surface area contributed by atoms with Crippen LogP contribution in [0.1, 0.15) is 37.9 Å². The lowest BCUT2D eigenvalue weighted by Crippen LogP contribution is -2.15. The lowest BCUT2D eigenvalue weighted by molar-refractivity contribution is 0.198. The van der Waals surface area contributed by atoms with E-state index in [1.165, 1.54) is 12.8 Å². The summed E-state index contributed by atoms with van der Waals surface area (Å²) < 4.78 is 5.82. The highest BCUT2D eigenvalue weighted by molar-refractivity contribution is 5.28. The van der Waals surface area contributed by atoms with Gasteiger partial charge in [0.2, 0.25) is 0 Å². The molecule has 1 aromatic rings. The molecule has 2 rings (SSSR count). The second kappa shape index (κ2) is 5.17. The van der Waals surface area contributed by atoms with Crippen LogP contribution in [0.4, 0.5) is 0 Å². The molecular formula is C14H18O2. The van der Waals surface area contributed by atoms with Gasteiger partial charge in [-0.1, -0.05) is 18.2 Å². The van der Waals surface area contributed by atoms with Crippen molar-refractivity contribution in [3.63, 3.8) is 0 Å². The Bertz CT molecular complexity index is 352. The summed E-state index contributed by atoms with van der Waals surface area (Å²) >= 11 is 0. The lowest BCUT2D eigenvalue weighted by atomic mass is 10.1. The number of allylic oxidation sites excluding steroid dienone is 1. The van der Waals surface area contributed by atoms with Gasteiger partial charge in [-0.2, -0.15) is 0 Å². The molecule has 0 aliphatic heterocycles. The normalized spacial score (nSPS) is 21.8. The molecule has 1 aliphatic carbocycles. The molecule has 0 spiro atoms. The van der Waals surface area contributed by atoms with E-state index in [0.29, 0.717) is 0 Å². The zero-order chi connectivity index (χ0) is 11.4. The smallest absolute Gasteiger partial charge is 0.120 e. The Hall–Kier alpha value is -1.28. The SMILES string of the molecule is CC(O)c1ccc(OC2C=CCCC2)cc1. The average Bonchev–Trinajstić information content (AvgIpc) is 2.31. The van der Waals surface area contributed by atoms with Crippen molar-refractivity contribution in [2.24, 2.45) is 0 Å². The highest BCUT2D eigenvalue weighted by Crippen LogP contribution is 2.21. The standard InChI is InChI=1S/C14H18O2/c1-11(15)12-7-9-14(10-8-12)16-13-5-3-2-4-6-13/h3,5,7-11,13,15H,2,4,6H2,1H3. The molecule has 0 heterocycles. The van der Waals surface area contributed by atoms with Gasteiger partial charge in [0, 0.05) is 0 Å². The summed E-state index contributed by atoms with van der Waals surface area (Å²) in [4.78, 5) is 0. The fourth-order valence-corrected chi connectivity index (χ4v) is 1.88. The van der Waals surface area contributed by atoms with Gasteiger partial charge in [0.15, 0.2) is 0 Å². The van der Waals surface area contributed by atoms with E-state index in [4.69, 9.17) is 4.74 Å². The largest absolute Gasteiger partial charge is 0.486 e. The van der Waals surface area contributed by atoms with Crippen LogP contribution in [0.5, 0.6) is 5.75 Å². The molecule has 1 aromatic carbocycles. The van der Waals surface area contributed by atoms with Crippen molar-refractivity contribution in [2.45, 2.75) is 38.4 Å². The molecule has 16 heavy (non-hydrogen) atoms. The van der Waals surface area contributed by atoms with Crippen molar-refractivity contribution in [3.05, 3.63) is 42.0 Å². The van der Waals surface area contributed by atoms with Crippen LogP contribution in [0.2, 0.25) is 0 Å². The van der Waals surface area contributed by atoms with Crippen LogP contribution in [0.3, 0.4) is 0 Å². The molecule has 0 radical (unpaired) electrons. The summed E-state index contributed by atoms with van der Waals surface area (Å²) in [6, 6.07) is 7.66. The third-order valence-corrected chi connectivity index (χ3v) is 2.86. The topological polar surface area (TPSA) is 29.5 Å².